The Morgan fingerprint density at radius 2 is 2.29 bits per heavy atom. The molecule has 0 saturated carbocycles. The van der Waals surface area contributed by atoms with E-state index in [9.17, 15) is 4.79 Å². The topological polar surface area (TPSA) is 116 Å². The van der Waals surface area contributed by atoms with E-state index in [4.69, 9.17) is 21.1 Å². The summed E-state index contributed by atoms with van der Waals surface area (Å²) in [6.45, 7) is 0. The summed E-state index contributed by atoms with van der Waals surface area (Å²) in [4.78, 5) is 10.4. The molecule has 1 aliphatic heterocycles. The lowest BCUT2D eigenvalue weighted by molar-refractivity contribution is -0.138. The summed E-state index contributed by atoms with van der Waals surface area (Å²) >= 11 is 0. The molecule has 0 aromatic heterocycles. The Morgan fingerprint density at radius 1 is 1.64 bits per heavy atom. The van der Waals surface area contributed by atoms with E-state index in [0.717, 1.165) is 0 Å². The van der Waals surface area contributed by atoms with Gasteiger partial charge in [0.1, 0.15) is 17.5 Å². The second-order valence-electron chi connectivity index (χ2n) is 2.88. The number of allylic oxidation sites excluding steroid dienone is 1. The SMILES string of the molecule is NC(CC1=CC(O)=C(O)[B]N1)C(=O)O. The molecule has 1 atom stereocenters. The van der Waals surface area contributed by atoms with E-state index in [0.29, 0.717) is 5.70 Å². The second-order valence-corrected chi connectivity index (χ2v) is 2.88. The molecule has 0 fully saturated rings. The van der Waals surface area contributed by atoms with Gasteiger partial charge in [-0.05, 0) is 0 Å². The molecular formula is C7H10BN2O4. The van der Waals surface area contributed by atoms with Gasteiger partial charge in [-0.3, -0.25) is 4.79 Å². The molecule has 0 aromatic rings. The number of carboxylic acid groups (broad SMARTS) is 1. The Balaban J connectivity index is 2.64. The fourth-order valence-corrected chi connectivity index (χ4v) is 0.958. The van der Waals surface area contributed by atoms with Gasteiger partial charge in [-0.15, -0.1) is 0 Å². The third kappa shape index (κ3) is 2.43. The minimum absolute atomic E-state index is 0.0587. The molecule has 0 spiro atoms. The quantitative estimate of drug-likeness (QED) is 0.377. The van der Waals surface area contributed by atoms with Gasteiger partial charge in [0, 0.05) is 18.2 Å². The lowest BCUT2D eigenvalue weighted by Crippen LogP contribution is -2.35. The van der Waals surface area contributed by atoms with Gasteiger partial charge >= 0.3 is 13.4 Å². The van der Waals surface area contributed by atoms with Crippen LogP contribution in [0.5, 0.6) is 0 Å². The molecule has 1 radical (unpaired) electrons. The Morgan fingerprint density at radius 3 is 2.79 bits per heavy atom. The minimum atomic E-state index is -1.12. The summed E-state index contributed by atoms with van der Waals surface area (Å²) in [6.07, 6.45) is 1.29. The molecule has 0 amide bonds. The summed E-state index contributed by atoms with van der Waals surface area (Å²) in [6, 6.07) is -1.03. The van der Waals surface area contributed by atoms with Gasteiger partial charge < -0.3 is 26.3 Å². The Labute approximate surface area is 81.0 Å². The largest absolute Gasteiger partial charge is 0.517 e. The predicted molar refractivity (Wildman–Crippen MR) is 49.5 cm³/mol. The van der Waals surface area contributed by atoms with Crippen LogP contribution in [0.4, 0.5) is 0 Å². The zero-order chi connectivity index (χ0) is 10.7. The summed E-state index contributed by atoms with van der Waals surface area (Å²) < 4.78 is 0. The molecular weight excluding hydrogens is 187 g/mol. The molecule has 0 saturated heterocycles. The van der Waals surface area contributed by atoms with E-state index in [1.807, 2.05) is 0 Å². The van der Waals surface area contributed by atoms with Crippen LogP contribution >= 0.6 is 0 Å². The van der Waals surface area contributed by atoms with Gasteiger partial charge in [0.05, 0.1) is 0 Å². The van der Waals surface area contributed by atoms with Crippen molar-refractivity contribution in [3.63, 3.8) is 0 Å². The number of rotatable bonds is 3. The molecule has 6 N–H and O–H groups in total. The molecule has 1 aliphatic rings. The van der Waals surface area contributed by atoms with E-state index in [1.54, 1.807) is 0 Å². The molecule has 1 rings (SSSR count). The van der Waals surface area contributed by atoms with E-state index >= 15 is 0 Å². The minimum Gasteiger partial charge on any atom is -0.517 e. The molecule has 0 bridgehead atoms. The highest BCUT2D eigenvalue weighted by Gasteiger charge is 2.18. The third-order valence-corrected chi connectivity index (χ3v) is 1.72. The lowest BCUT2D eigenvalue weighted by Gasteiger charge is -2.16. The maximum absolute atomic E-state index is 10.4. The number of aliphatic hydroxyl groups is 2. The number of hydrogen-bond acceptors (Lipinski definition) is 5. The van der Waals surface area contributed by atoms with Crippen LogP contribution in [0.15, 0.2) is 23.2 Å². The number of nitrogens with one attached hydrogen (secondary N) is 1. The van der Waals surface area contributed by atoms with Crippen LogP contribution < -0.4 is 11.0 Å². The van der Waals surface area contributed by atoms with E-state index in [-0.39, 0.29) is 17.8 Å². The average Bonchev–Trinajstić information content (AvgIpc) is 2.11. The van der Waals surface area contributed by atoms with Crippen molar-refractivity contribution in [2.24, 2.45) is 5.73 Å². The van der Waals surface area contributed by atoms with Crippen LogP contribution in [0, 0.1) is 0 Å². The van der Waals surface area contributed by atoms with Gasteiger partial charge in [-0.2, -0.15) is 0 Å². The van der Waals surface area contributed by atoms with Crippen molar-refractivity contribution >= 4 is 13.4 Å². The Bertz CT molecular complexity index is 313. The molecule has 7 heteroatoms. The van der Waals surface area contributed by atoms with Gasteiger partial charge in [0.2, 0.25) is 0 Å². The zero-order valence-corrected chi connectivity index (χ0v) is 7.27. The first kappa shape index (κ1) is 10.5. The lowest BCUT2D eigenvalue weighted by atomic mass is 9.85. The molecule has 14 heavy (non-hydrogen) atoms. The highest BCUT2D eigenvalue weighted by atomic mass is 16.4. The smallest absolute Gasteiger partial charge is 0.334 e. The van der Waals surface area contributed by atoms with Crippen LogP contribution in [0.1, 0.15) is 6.42 Å². The zero-order valence-electron chi connectivity index (χ0n) is 7.27. The van der Waals surface area contributed by atoms with Crippen molar-refractivity contribution < 1.29 is 20.1 Å². The standard InChI is InChI=1S/C7H10BN2O4/c9-4(7(13)14)1-3-2-5(11)6(12)8-10-3/h2,4,10-12H,1,9H2,(H,13,14). The van der Waals surface area contributed by atoms with Crippen molar-refractivity contribution in [3.05, 3.63) is 23.2 Å². The third-order valence-electron chi connectivity index (χ3n) is 1.72. The number of aliphatic hydroxyl groups excluding tert-OH is 2. The maximum atomic E-state index is 10.4. The summed E-state index contributed by atoms with van der Waals surface area (Å²) in [5.74, 6) is -1.43. The van der Waals surface area contributed by atoms with Gasteiger partial charge in [-0.25, -0.2) is 0 Å². The molecule has 0 aliphatic carbocycles. The molecule has 75 valence electrons. The summed E-state index contributed by atoms with van der Waals surface area (Å²) in [5.41, 5.74) is 5.42. The Kier molecular flexibility index (Phi) is 3.03. The van der Waals surface area contributed by atoms with E-state index in [1.165, 1.54) is 13.5 Å². The van der Waals surface area contributed by atoms with Gasteiger partial charge in [-0.1, -0.05) is 0 Å². The highest BCUT2D eigenvalue weighted by Crippen LogP contribution is 2.10. The maximum Gasteiger partial charge on any atom is 0.334 e. The first-order valence-corrected chi connectivity index (χ1v) is 3.91. The fraction of sp³-hybridized carbons (Fsp3) is 0.286. The first-order valence-electron chi connectivity index (χ1n) is 3.91. The average molecular weight is 197 g/mol. The van der Waals surface area contributed by atoms with E-state index < -0.39 is 12.0 Å². The summed E-state index contributed by atoms with van der Waals surface area (Å²) in [7, 11) is 1.17. The summed E-state index contributed by atoms with van der Waals surface area (Å²) in [5, 5.41) is 29.2. The number of hydrogen-bond donors (Lipinski definition) is 5. The number of carbonyl (C=O) groups is 1. The van der Waals surface area contributed by atoms with Crippen LogP contribution in [0.3, 0.4) is 0 Å². The highest BCUT2D eigenvalue weighted by molar-refractivity contribution is 6.42. The van der Waals surface area contributed by atoms with Crippen molar-refractivity contribution in [1.29, 1.82) is 0 Å². The van der Waals surface area contributed by atoms with Crippen molar-refractivity contribution in [3.8, 4) is 0 Å². The van der Waals surface area contributed by atoms with Crippen LogP contribution in [-0.4, -0.2) is 34.7 Å². The van der Waals surface area contributed by atoms with Crippen LogP contribution in [0.25, 0.3) is 0 Å². The van der Waals surface area contributed by atoms with Crippen molar-refractivity contribution in [2.75, 3.05) is 0 Å². The van der Waals surface area contributed by atoms with Crippen LogP contribution in [-0.2, 0) is 4.79 Å². The fourth-order valence-electron chi connectivity index (χ4n) is 0.958. The Hall–Kier alpha value is -1.63. The molecule has 1 unspecified atom stereocenters. The predicted octanol–water partition coefficient (Wildman–Crippen LogP) is -0.820. The second kappa shape index (κ2) is 4.06. The number of nitrogens with two attached hydrogens (primary N) is 1. The number of aliphatic carboxylic acids is 1. The molecule has 1 heterocycles. The first-order chi connectivity index (χ1) is 6.50. The monoisotopic (exact) mass is 197 g/mol. The normalized spacial score (nSPS) is 17.9. The van der Waals surface area contributed by atoms with Crippen molar-refractivity contribution in [1.82, 2.24) is 5.23 Å². The van der Waals surface area contributed by atoms with E-state index in [2.05, 4.69) is 5.23 Å². The molecule has 0 aromatic carbocycles. The number of carboxylic acids is 1. The van der Waals surface area contributed by atoms with Gasteiger partial charge in [0.15, 0.2) is 0 Å². The molecule has 6 nitrogen and oxygen atoms in total. The van der Waals surface area contributed by atoms with Crippen LogP contribution in [0.2, 0.25) is 0 Å². The van der Waals surface area contributed by atoms with Crippen molar-refractivity contribution in [2.45, 2.75) is 12.5 Å². The van der Waals surface area contributed by atoms with Gasteiger partial charge in [0.25, 0.3) is 0 Å².